The van der Waals surface area contributed by atoms with E-state index in [0.717, 1.165) is 24.8 Å². The fraction of sp³-hybridized carbons (Fsp3) is 0.556. The smallest absolute Gasteiger partial charge is 0.317 e. The SMILES string of the molecule is CC1(C(=O)O)CCN(C(=O)NCC2(c3ccc(F)cc3)CCC2)C1. The zero-order valence-electron chi connectivity index (χ0n) is 13.8. The molecule has 2 amide bonds. The summed E-state index contributed by atoms with van der Waals surface area (Å²) in [4.78, 5) is 25.3. The minimum absolute atomic E-state index is 0.126. The molecule has 1 aromatic carbocycles. The zero-order valence-corrected chi connectivity index (χ0v) is 13.8. The molecule has 130 valence electrons. The van der Waals surface area contributed by atoms with Crippen LogP contribution in [-0.4, -0.2) is 41.6 Å². The Kier molecular flexibility index (Phi) is 4.24. The van der Waals surface area contributed by atoms with E-state index in [1.54, 1.807) is 24.0 Å². The average molecular weight is 334 g/mol. The molecule has 1 heterocycles. The zero-order chi connectivity index (χ0) is 17.4. The Hall–Kier alpha value is -2.11. The van der Waals surface area contributed by atoms with Crippen molar-refractivity contribution in [1.82, 2.24) is 10.2 Å². The number of benzene rings is 1. The molecule has 5 nitrogen and oxygen atoms in total. The second-order valence-corrected chi connectivity index (χ2v) is 7.34. The van der Waals surface area contributed by atoms with Gasteiger partial charge in [-0.25, -0.2) is 9.18 Å². The van der Waals surface area contributed by atoms with Crippen LogP contribution in [0.15, 0.2) is 24.3 Å². The van der Waals surface area contributed by atoms with E-state index in [1.807, 2.05) is 0 Å². The van der Waals surface area contributed by atoms with Crippen molar-refractivity contribution < 1.29 is 19.1 Å². The fourth-order valence-electron chi connectivity index (χ4n) is 3.64. The molecule has 6 heteroatoms. The molecule has 2 fully saturated rings. The standard InChI is InChI=1S/C18H23FN2O3/c1-17(15(22)23)9-10-21(12-17)16(24)20-11-18(7-2-8-18)13-3-5-14(19)6-4-13/h3-6H,2,7-12H2,1H3,(H,20,24)(H,22,23). The molecule has 2 N–H and O–H groups in total. The lowest BCUT2D eigenvalue weighted by Gasteiger charge is -2.43. The lowest BCUT2D eigenvalue weighted by atomic mass is 9.64. The van der Waals surface area contributed by atoms with Gasteiger partial charge in [0, 0.05) is 25.0 Å². The molecule has 1 saturated carbocycles. The van der Waals surface area contributed by atoms with Crippen LogP contribution >= 0.6 is 0 Å². The second kappa shape index (κ2) is 6.07. The molecule has 24 heavy (non-hydrogen) atoms. The molecule has 0 spiro atoms. The molecule has 2 aliphatic rings. The first-order valence-electron chi connectivity index (χ1n) is 8.37. The summed E-state index contributed by atoms with van der Waals surface area (Å²) in [6, 6.07) is 6.27. The molecule has 1 unspecified atom stereocenters. The van der Waals surface area contributed by atoms with Gasteiger partial charge in [-0.15, -0.1) is 0 Å². The van der Waals surface area contributed by atoms with Gasteiger partial charge in [-0.05, 0) is 43.9 Å². The number of nitrogens with zero attached hydrogens (tertiary/aromatic N) is 1. The third kappa shape index (κ3) is 2.97. The molecule has 0 aromatic heterocycles. The molecular formula is C18H23FN2O3. The molecule has 1 aliphatic heterocycles. The highest BCUT2D eigenvalue weighted by atomic mass is 19.1. The van der Waals surface area contributed by atoms with E-state index in [2.05, 4.69) is 5.32 Å². The molecule has 1 aliphatic carbocycles. The molecule has 0 radical (unpaired) electrons. The van der Waals surface area contributed by atoms with Gasteiger partial charge in [0.05, 0.1) is 5.41 Å². The molecule has 0 bridgehead atoms. The van der Waals surface area contributed by atoms with E-state index in [9.17, 15) is 19.1 Å². The predicted molar refractivity (Wildman–Crippen MR) is 87.3 cm³/mol. The molecule has 3 rings (SSSR count). The van der Waals surface area contributed by atoms with Crippen molar-refractivity contribution in [2.45, 2.75) is 38.0 Å². The Morgan fingerprint density at radius 3 is 2.42 bits per heavy atom. The Bertz CT molecular complexity index is 642. The quantitative estimate of drug-likeness (QED) is 0.889. The number of likely N-dealkylation sites (tertiary alicyclic amines) is 1. The van der Waals surface area contributed by atoms with E-state index in [4.69, 9.17) is 0 Å². The number of halogens is 1. The van der Waals surface area contributed by atoms with E-state index in [0.29, 0.717) is 19.5 Å². The van der Waals surface area contributed by atoms with Gasteiger partial charge in [0.15, 0.2) is 0 Å². The Morgan fingerprint density at radius 2 is 1.92 bits per heavy atom. The highest BCUT2D eigenvalue weighted by molar-refractivity contribution is 5.79. The Morgan fingerprint density at radius 1 is 1.25 bits per heavy atom. The molecule has 1 atom stereocenters. The van der Waals surface area contributed by atoms with Crippen LogP contribution in [0.25, 0.3) is 0 Å². The normalized spacial score (nSPS) is 25.2. The maximum Gasteiger partial charge on any atom is 0.317 e. The molecular weight excluding hydrogens is 311 g/mol. The van der Waals surface area contributed by atoms with Gasteiger partial charge in [0.2, 0.25) is 0 Å². The van der Waals surface area contributed by atoms with Gasteiger partial charge in [-0.1, -0.05) is 18.6 Å². The highest BCUT2D eigenvalue weighted by Crippen LogP contribution is 2.43. The fourth-order valence-corrected chi connectivity index (χ4v) is 3.64. The van der Waals surface area contributed by atoms with Gasteiger partial charge in [0.1, 0.15) is 5.82 Å². The third-order valence-corrected chi connectivity index (χ3v) is 5.62. The van der Waals surface area contributed by atoms with Crippen molar-refractivity contribution in [2.24, 2.45) is 5.41 Å². The van der Waals surface area contributed by atoms with Crippen molar-refractivity contribution >= 4 is 12.0 Å². The molecule has 1 aromatic rings. The second-order valence-electron chi connectivity index (χ2n) is 7.34. The van der Waals surface area contributed by atoms with E-state index in [-0.39, 0.29) is 23.8 Å². The van der Waals surface area contributed by atoms with Gasteiger partial charge >= 0.3 is 12.0 Å². The maximum absolute atomic E-state index is 13.1. The number of urea groups is 1. The van der Waals surface area contributed by atoms with Crippen LogP contribution in [0.2, 0.25) is 0 Å². The number of carboxylic acid groups (broad SMARTS) is 1. The van der Waals surface area contributed by atoms with Gasteiger partial charge in [0.25, 0.3) is 0 Å². The summed E-state index contributed by atoms with van der Waals surface area (Å²) < 4.78 is 13.1. The minimum Gasteiger partial charge on any atom is -0.481 e. The summed E-state index contributed by atoms with van der Waals surface area (Å²) in [5.74, 6) is -1.12. The van der Waals surface area contributed by atoms with Gasteiger partial charge in [-0.2, -0.15) is 0 Å². The van der Waals surface area contributed by atoms with Crippen LogP contribution in [0.3, 0.4) is 0 Å². The summed E-state index contributed by atoms with van der Waals surface area (Å²) >= 11 is 0. The average Bonchev–Trinajstić information content (AvgIpc) is 2.92. The van der Waals surface area contributed by atoms with Crippen LogP contribution < -0.4 is 5.32 Å². The summed E-state index contributed by atoms with van der Waals surface area (Å²) in [5, 5.41) is 12.2. The lowest BCUT2D eigenvalue weighted by molar-refractivity contribution is -0.147. The third-order valence-electron chi connectivity index (χ3n) is 5.62. The predicted octanol–water partition coefficient (Wildman–Crippen LogP) is 2.75. The van der Waals surface area contributed by atoms with E-state index < -0.39 is 11.4 Å². The number of carbonyl (C=O) groups is 2. The minimum atomic E-state index is -0.862. The summed E-state index contributed by atoms with van der Waals surface area (Å²) in [6.07, 6.45) is 3.49. The number of nitrogens with one attached hydrogen (secondary N) is 1. The summed E-state index contributed by atoms with van der Waals surface area (Å²) in [6.45, 7) is 2.86. The maximum atomic E-state index is 13.1. The van der Waals surface area contributed by atoms with E-state index in [1.165, 1.54) is 12.1 Å². The monoisotopic (exact) mass is 334 g/mol. The number of carbonyl (C=O) groups excluding carboxylic acids is 1. The van der Waals surface area contributed by atoms with Crippen molar-refractivity contribution in [3.05, 3.63) is 35.6 Å². The van der Waals surface area contributed by atoms with Crippen molar-refractivity contribution in [3.8, 4) is 0 Å². The van der Waals surface area contributed by atoms with Crippen LogP contribution in [0.1, 0.15) is 38.2 Å². The van der Waals surface area contributed by atoms with Gasteiger partial charge < -0.3 is 15.3 Å². The Labute approximate surface area is 140 Å². The van der Waals surface area contributed by atoms with E-state index >= 15 is 0 Å². The largest absolute Gasteiger partial charge is 0.481 e. The van der Waals surface area contributed by atoms with Crippen LogP contribution in [0.5, 0.6) is 0 Å². The summed E-state index contributed by atoms with van der Waals surface area (Å²) in [7, 11) is 0. The Balaban J connectivity index is 1.61. The van der Waals surface area contributed by atoms with Gasteiger partial charge in [-0.3, -0.25) is 4.79 Å². The molecule has 1 saturated heterocycles. The van der Waals surface area contributed by atoms with Crippen LogP contribution in [-0.2, 0) is 10.2 Å². The first-order chi connectivity index (χ1) is 11.3. The number of carboxylic acids is 1. The van der Waals surface area contributed by atoms with Crippen LogP contribution in [0.4, 0.5) is 9.18 Å². The lowest BCUT2D eigenvalue weighted by Crippen LogP contribution is -2.49. The summed E-state index contributed by atoms with van der Waals surface area (Å²) in [5.41, 5.74) is 0.0639. The number of hydrogen-bond acceptors (Lipinski definition) is 2. The number of amides is 2. The van der Waals surface area contributed by atoms with Crippen LogP contribution in [0, 0.1) is 11.2 Å². The number of aliphatic carboxylic acids is 1. The van der Waals surface area contributed by atoms with Crippen molar-refractivity contribution in [1.29, 1.82) is 0 Å². The van der Waals surface area contributed by atoms with Crippen molar-refractivity contribution in [2.75, 3.05) is 19.6 Å². The number of rotatable bonds is 4. The number of hydrogen-bond donors (Lipinski definition) is 2. The van der Waals surface area contributed by atoms with Crippen molar-refractivity contribution in [3.63, 3.8) is 0 Å². The first kappa shape index (κ1) is 16.7. The highest BCUT2D eigenvalue weighted by Gasteiger charge is 2.43. The topological polar surface area (TPSA) is 69.6 Å². The first-order valence-corrected chi connectivity index (χ1v) is 8.37.